The molecule has 1 fully saturated rings. The van der Waals surface area contributed by atoms with Gasteiger partial charge >= 0.3 is 0 Å². The topological polar surface area (TPSA) is 6.48 Å². The van der Waals surface area contributed by atoms with E-state index in [1.54, 1.807) is 0 Å². The summed E-state index contributed by atoms with van der Waals surface area (Å²) in [6.07, 6.45) is 0. The van der Waals surface area contributed by atoms with Gasteiger partial charge in [-0.15, -0.1) is 0 Å². The van der Waals surface area contributed by atoms with Crippen molar-refractivity contribution in [3.63, 3.8) is 0 Å². The highest BCUT2D eigenvalue weighted by Crippen LogP contribution is 2.34. The molecule has 0 bridgehead atoms. The maximum absolute atomic E-state index is 6.49. The van der Waals surface area contributed by atoms with Gasteiger partial charge in [-0.25, -0.2) is 0 Å². The van der Waals surface area contributed by atoms with E-state index in [0.29, 0.717) is 0 Å². The van der Waals surface area contributed by atoms with Crippen molar-refractivity contribution < 1.29 is 0 Å². The Morgan fingerprint density at radius 2 is 1.64 bits per heavy atom. The molecular formula is C18H20Cl2N2. The van der Waals surface area contributed by atoms with Crippen LogP contribution in [-0.2, 0) is 0 Å². The summed E-state index contributed by atoms with van der Waals surface area (Å²) in [4.78, 5) is 4.85. The quantitative estimate of drug-likeness (QED) is 0.824. The second kappa shape index (κ2) is 7.01. The maximum Gasteiger partial charge on any atom is 0.0617 e. The number of likely N-dealkylation sites (N-methyl/N-ethyl adjacent to an activating group) is 1. The van der Waals surface area contributed by atoms with E-state index < -0.39 is 0 Å². The fourth-order valence-electron chi connectivity index (χ4n) is 3.04. The van der Waals surface area contributed by atoms with Gasteiger partial charge in [0.05, 0.1) is 6.04 Å². The minimum Gasteiger partial charge on any atom is -0.304 e. The molecule has 0 amide bonds. The summed E-state index contributed by atoms with van der Waals surface area (Å²) in [5.41, 5.74) is 2.35. The van der Waals surface area contributed by atoms with E-state index in [0.717, 1.165) is 41.8 Å². The molecule has 1 heterocycles. The summed E-state index contributed by atoms with van der Waals surface area (Å²) >= 11 is 12.7. The van der Waals surface area contributed by atoms with E-state index in [4.69, 9.17) is 23.2 Å². The first-order valence-electron chi connectivity index (χ1n) is 7.57. The molecule has 0 N–H and O–H groups in total. The van der Waals surface area contributed by atoms with Crippen molar-refractivity contribution in [2.24, 2.45) is 0 Å². The first kappa shape index (κ1) is 15.8. The fraction of sp³-hybridized carbons (Fsp3) is 0.333. The summed E-state index contributed by atoms with van der Waals surface area (Å²) in [5, 5.41) is 1.58. The smallest absolute Gasteiger partial charge is 0.0617 e. The van der Waals surface area contributed by atoms with Crippen molar-refractivity contribution in [3.05, 3.63) is 69.7 Å². The molecule has 2 nitrogen and oxygen atoms in total. The van der Waals surface area contributed by atoms with Gasteiger partial charge in [-0.3, -0.25) is 4.90 Å². The molecule has 0 aliphatic carbocycles. The van der Waals surface area contributed by atoms with E-state index in [-0.39, 0.29) is 6.04 Å². The summed E-state index contributed by atoms with van der Waals surface area (Å²) in [7, 11) is 2.17. The highest BCUT2D eigenvalue weighted by molar-refractivity contribution is 6.31. The van der Waals surface area contributed by atoms with Crippen LogP contribution in [0.25, 0.3) is 0 Å². The van der Waals surface area contributed by atoms with Crippen LogP contribution in [0.5, 0.6) is 0 Å². The van der Waals surface area contributed by atoms with E-state index in [1.807, 2.05) is 30.3 Å². The number of piperazine rings is 1. The average Bonchev–Trinajstić information content (AvgIpc) is 2.51. The van der Waals surface area contributed by atoms with Crippen LogP contribution >= 0.6 is 23.2 Å². The van der Waals surface area contributed by atoms with E-state index in [2.05, 4.69) is 35.0 Å². The Hall–Kier alpha value is -1.06. The monoisotopic (exact) mass is 334 g/mol. The number of benzene rings is 2. The average molecular weight is 335 g/mol. The fourth-order valence-corrected chi connectivity index (χ4v) is 3.48. The predicted octanol–water partition coefficient (Wildman–Crippen LogP) is 4.33. The van der Waals surface area contributed by atoms with Gasteiger partial charge in [0.2, 0.25) is 0 Å². The van der Waals surface area contributed by atoms with Gasteiger partial charge in [-0.2, -0.15) is 0 Å². The molecule has 22 heavy (non-hydrogen) atoms. The minimum atomic E-state index is 0.154. The zero-order valence-electron chi connectivity index (χ0n) is 12.7. The summed E-state index contributed by atoms with van der Waals surface area (Å²) in [6.45, 7) is 4.20. The van der Waals surface area contributed by atoms with Crippen LogP contribution in [-0.4, -0.2) is 43.0 Å². The van der Waals surface area contributed by atoms with Crippen molar-refractivity contribution in [2.45, 2.75) is 6.04 Å². The molecular weight excluding hydrogens is 315 g/mol. The lowest BCUT2D eigenvalue weighted by atomic mass is 9.96. The zero-order valence-corrected chi connectivity index (χ0v) is 14.2. The first-order chi connectivity index (χ1) is 10.6. The SMILES string of the molecule is CN1CCN([C@H](c2cccc(Cl)c2)c2ccccc2Cl)CC1. The molecule has 116 valence electrons. The molecule has 2 aromatic rings. The van der Waals surface area contributed by atoms with E-state index in [9.17, 15) is 0 Å². The third-order valence-corrected chi connectivity index (χ3v) is 4.85. The van der Waals surface area contributed by atoms with Crippen molar-refractivity contribution in [2.75, 3.05) is 33.2 Å². The second-order valence-corrected chi connectivity index (χ2v) is 6.66. The number of hydrogen-bond donors (Lipinski definition) is 0. The lowest BCUT2D eigenvalue weighted by Crippen LogP contribution is -2.46. The lowest BCUT2D eigenvalue weighted by molar-refractivity contribution is 0.127. The van der Waals surface area contributed by atoms with E-state index in [1.165, 1.54) is 5.56 Å². The van der Waals surface area contributed by atoms with Crippen molar-refractivity contribution >= 4 is 23.2 Å². The molecule has 0 unspecified atom stereocenters. The first-order valence-corrected chi connectivity index (χ1v) is 8.33. The zero-order chi connectivity index (χ0) is 15.5. The van der Waals surface area contributed by atoms with Gasteiger partial charge in [-0.1, -0.05) is 53.5 Å². The molecule has 1 aliphatic rings. The van der Waals surface area contributed by atoms with Gasteiger partial charge in [0.15, 0.2) is 0 Å². The van der Waals surface area contributed by atoms with Crippen molar-refractivity contribution in [1.29, 1.82) is 0 Å². The van der Waals surface area contributed by atoms with Gasteiger partial charge in [0, 0.05) is 36.2 Å². The molecule has 4 heteroatoms. The Morgan fingerprint density at radius 3 is 2.32 bits per heavy atom. The number of hydrogen-bond acceptors (Lipinski definition) is 2. The molecule has 0 aromatic heterocycles. The Balaban J connectivity index is 2.01. The molecule has 1 aliphatic heterocycles. The van der Waals surface area contributed by atoms with Gasteiger partial charge in [0.1, 0.15) is 0 Å². The lowest BCUT2D eigenvalue weighted by Gasteiger charge is -2.38. The van der Waals surface area contributed by atoms with Crippen LogP contribution in [0, 0.1) is 0 Å². The molecule has 1 saturated heterocycles. The van der Waals surface area contributed by atoms with Gasteiger partial charge < -0.3 is 4.90 Å². The normalized spacial score (nSPS) is 18.3. The predicted molar refractivity (Wildman–Crippen MR) is 93.8 cm³/mol. The summed E-state index contributed by atoms with van der Waals surface area (Å²) in [6, 6.07) is 16.4. The number of halogens is 2. The Bertz CT molecular complexity index is 636. The Morgan fingerprint density at radius 1 is 0.909 bits per heavy atom. The Labute approximate surface area is 142 Å². The molecule has 0 radical (unpaired) electrons. The Kier molecular flexibility index (Phi) is 5.04. The molecule has 0 saturated carbocycles. The van der Waals surface area contributed by atoms with E-state index >= 15 is 0 Å². The van der Waals surface area contributed by atoms with Crippen molar-refractivity contribution in [1.82, 2.24) is 9.80 Å². The van der Waals surface area contributed by atoms with Crippen LogP contribution in [0.3, 0.4) is 0 Å². The molecule has 1 atom stereocenters. The highest BCUT2D eigenvalue weighted by atomic mass is 35.5. The van der Waals surface area contributed by atoms with Crippen LogP contribution in [0.15, 0.2) is 48.5 Å². The van der Waals surface area contributed by atoms with Gasteiger partial charge in [-0.05, 0) is 36.4 Å². The number of nitrogens with zero attached hydrogens (tertiary/aromatic N) is 2. The number of rotatable bonds is 3. The summed E-state index contributed by atoms with van der Waals surface area (Å²) in [5.74, 6) is 0. The van der Waals surface area contributed by atoms with Gasteiger partial charge in [0.25, 0.3) is 0 Å². The van der Waals surface area contributed by atoms with Crippen LogP contribution in [0.4, 0.5) is 0 Å². The third-order valence-electron chi connectivity index (χ3n) is 4.27. The third kappa shape index (κ3) is 3.47. The van der Waals surface area contributed by atoms with Crippen LogP contribution < -0.4 is 0 Å². The summed E-state index contributed by atoms with van der Waals surface area (Å²) < 4.78 is 0. The minimum absolute atomic E-state index is 0.154. The van der Waals surface area contributed by atoms with Crippen LogP contribution in [0.2, 0.25) is 10.0 Å². The molecule has 2 aromatic carbocycles. The van der Waals surface area contributed by atoms with Crippen molar-refractivity contribution in [3.8, 4) is 0 Å². The maximum atomic E-state index is 6.49. The molecule has 3 rings (SSSR count). The van der Waals surface area contributed by atoms with Crippen LogP contribution in [0.1, 0.15) is 17.2 Å². The molecule has 0 spiro atoms. The largest absolute Gasteiger partial charge is 0.304 e. The second-order valence-electron chi connectivity index (χ2n) is 5.82. The highest BCUT2D eigenvalue weighted by Gasteiger charge is 2.26. The standard InChI is InChI=1S/C18H20Cl2N2/c1-21-9-11-22(12-10-21)18(14-5-4-6-15(19)13-14)16-7-2-3-8-17(16)20/h2-8,13,18H,9-12H2,1H3/t18-/m1/s1.